The van der Waals surface area contributed by atoms with Gasteiger partial charge in [0.25, 0.3) is 0 Å². The number of nitrogens with one attached hydrogen (secondary N) is 1. The topological polar surface area (TPSA) is 108 Å². The van der Waals surface area contributed by atoms with E-state index in [9.17, 15) is 13.2 Å². The van der Waals surface area contributed by atoms with Gasteiger partial charge in [0.2, 0.25) is 15.9 Å². The molecule has 0 spiro atoms. The number of nitrogens with zero attached hydrogens (tertiary/aromatic N) is 3. The maximum Gasteiger partial charge on any atom is 0.217 e. The number of carbonyl (C=O) groups is 1. The van der Waals surface area contributed by atoms with Crippen molar-refractivity contribution in [1.82, 2.24) is 14.5 Å². The summed E-state index contributed by atoms with van der Waals surface area (Å²) in [6.45, 7) is 3.10. The fourth-order valence-corrected chi connectivity index (χ4v) is 5.78. The Morgan fingerprint density at radius 1 is 1.31 bits per heavy atom. The van der Waals surface area contributed by atoms with Crippen molar-refractivity contribution in [3.8, 4) is 0 Å². The van der Waals surface area contributed by atoms with Gasteiger partial charge in [-0.1, -0.05) is 0 Å². The molecule has 0 radical (unpaired) electrons. The Bertz CT molecular complexity index is 582. The van der Waals surface area contributed by atoms with E-state index in [1.54, 1.807) is 23.1 Å². The van der Waals surface area contributed by atoms with E-state index in [1.165, 1.54) is 0 Å². The zero-order valence-corrected chi connectivity index (χ0v) is 19.2. The van der Waals surface area contributed by atoms with Crippen LogP contribution in [-0.4, -0.2) is 86.5 Å². The van der Waals surface area contributed by atoms with Crippen LogP contribution in [0.4, 0.5) is 0 Å². The van der Waals surface area contributed by atoms with Crippen LogP contribution in [-0.2, 0) is 14.8 Å². The number of carbonyl (C=O) groups excluding carboxylic acids is 1. The summed E-state index contributed by atoms with van der Waals surface area (Å²) in [5.74, 6) is 2.45. The number of piperidine rings is 1. The monoisotopic (exact) mass is 519 g/mol. The van der Waals surface area contributed by atoms with Crippen LogP contribution in [0.1, 0.15) is 19.3 Å². The molecule has 8 nitrogen and oxygen atoms in total. The van der Waals surface area contributed by atoms with Gasteiger partial charge >= 0.3 is 0 Å². The van der Waals surface area contributed by atoms with Crippen molar-refractivity contribution in [2.75, 3.05) is 57.0 Å². The van der Waals surface area contributed by atoms with Gasteiger partial charge in [-0.05, 0) is 18.8 Å². The second-order valence-electron chi connectivity index (χ2n) is 6.43. The highest BCUT2D eigenvalue weighted by Gasteiger charge is 2.26. The van der Waals surface area contributed by atoms with E-state index in [0.717, 1.165) is 37.4 Å². The van der Waals surface area contributed by atoms with Crippen LogP contribution in [0.3, 0.4) is 0 Å². The Morgan fingerprint density at radius 3 is 2.62 bits per heavy atom. The number of aliphatic imine (C=N–C) groups is 1. The smallest absolute Gasteiger partial charge is 0.217 e. The number of thioether (sulfide) groups is 1. The molecule has 2 saturated heterocycles. The number of hydrogen-bond acceptors (Lipinski definition) is 5. The molecule has 0 saturated carbocycles. The minimum atomic E-state index is -3.22. The molecule has 3 N–H and O–H groups in total. The van der Waals surface area contributed by atoms with Gasteiger partial charge in [0.05, 0.1) is 5.75 Å². The molecule has 1 atom stereocenters. The van der Waals surface area contributed by atoms with Gasteiger partial charge in [-0.15, -0.1) is 24.0 Å². The van der Waals surface area contributed by atoms with E-state index in [0.29, 0.717) is 32.0 Å². The molecule has 152 valence electrons. The standard InChI is InChI=1S/C15H29N5O3S2.HI/c1-17-15(19-5-2-3-13(12-19)11-14(16)21)18-4-10-25(22,23)20-6-8-24-9-7-20;/h13H,2-12H2,1H3,(H2,16,21)(H,17,18);1H. The second kappa shape index (κ2) is 11.5. The molecule has 1 amide bonds. The van der Waals surface area contributed by atoms with Crippen molar-refractivity contribution in [1.29, 1.82) is 0 Å². The van der Waals surface area contributed by atoms with E-state index < -0.39 is 10.0 Å². The number of guanidine groups is 1. The molecule has 0 aromatic carbocycles. The average molecular weight is 519 g/mol. The number of amides is 1. The van der Waals surface area contributed by atoms with Crippen molar-refractivity contribution < 1.29 is 13.2 Å². The third-order valence-electron chi connectivity index (χ3n) is 4.53. The van der Waals surface area contributed by atoms with Gasteiger partial charge in [0.15, 0.2) is 5.96 Å². The minimum absolute atomic E-state index is 0. The maximum absolute atomic E-state index is 12.4. The Morgan fingerprint density at radius 2 is 2.00 bits per heavy atom. The van der Waals surface area contributed by atoms with Crippen molar-refractivity contribution in [2.24, 2.45) is 16.6 Å². The molecule has 1 unspecified atom stereocenters. The van der Waals surface area contributed by atoms with Crippen molar-refractivity contribution in [2.45, 2.75) is 19.3 Å². The summed E-state index contributed by atoms with van der Waals surface area (Å²) in [5.41, 5.74) is 5.30. The molecule has 26 heavy (non-hydrogen) atoms. The van der Waals surface area contributed by atoms with E-state index in [2.05, 4.69) is 15.2 Å². The summed E-state index contributed by atoms with van der Waals surface area (Å²) in [7, 11) is -1.53. The summed E-state index contributed by atoms with van der Waals surface area (Å²) < 4.78 is 26.3. The van der Waals surface area contributed by atoms with E-state index in [1.807, 2.05) is 0 Å². The first kappa shape index (κ1) is 23.8. The number of sulfonamides is 1. The Balaban J connectivity index is 0.00000338. The summed E-state index contributed by atoms with van der Waals surface area (Å²) in [6.07, 6.45) is 2.34. The second-order valence-corrected chi connectivity index (χ2v) is 9.74. The lowest BCUT2D eigenvalue weighted by Crippen LogP contribution is -2.49. The number of primary amides is 1. The van der Waals surface area contributed by atoms with Gasteiger partial charge in [-0.2, -0.15) is 11.8 Å². The zero-order chi connectivity index (χ0) is 18.3. The summed E-state index contributed by atoms with van der Waals surface area (Å²) >= 11 is 1.79. The van der Waals surface area contributed by atoms with Crippen LogP contribution in [0.25, 0.3) is 0 Å². The first-order valence-electron chi connectivity index (χ1n) is 8.72. The number of halogens is 1. The van der Waals surface area contributed by atoms with Crippen LogP contribution in [0.15, 0.2) is 4.99 Å². The lowest BCUT2D eigenvalue weighted by atomic mass is 9.95. The van der Waals surface area contributed by atoms with Crippen LogP contribution in [0, 0.1) is 5.92 Å². The molecule has 0 aliphatic carbocycles. The highest BCUT2D eigenvalue weighted by Crippen LogP contribution is 2.19. The fraction of sp³-hybridized carbons (Fsp3) is 0.867. The lowest BCUT2D eigenvalue weighted by Gasteiger charge is -2.34. The van der Waals surface area contributed by atoms with Gasteiger partial charge in [0.1, 0.15) is 0 Å². The molecule has 0 bridgehead atoms. The van der Waals surface area contributed by atoms with Gasteiger partial charge in [-0.3, -0.25) is 9.79 Å². The highest BCUT2D eigenvalue weighted by atomic mass is 127. The molecule has 0 aromatic rings. The van der Waals surface area contributed by atoms with Gasteiger partial charge < -0.3 is 16.0 Å². The summed E-state index contributed by atoms with van der Waals surface area (Å²) in [4.78, 5) is 17.5. The third-order valence-corrected chi connectivity index (χ3v) is 7.34. The highest BCUT2D eigenvalue weighted by molar-refractivity contribution is 14.0. The van der Waals surface area contributed by atoms with Gasteiger partial charge in [-0.25, -0.2) is 12.7 Å². The quantitative estimate of drug-likeness (QED) is 0.294. The van der Waals surface area contributed by atoms with Crippen LogP contribution in [0.5, 0.6) is 0 Å². The predicted molar refractivity (Wildman–Crippen MR) is 118 cm³/mol. The Kier molecular flexibility index (Phi) is 10.6. The summed E-state index contributed by atoms with van der Waals surface area (Å²) in [6, 6.07) is 0. The SMILES string of the molecule is CN=C(NCCS(=O)(=O)N1CCSCC1)N1CCCC(CC(N)=O)C1.I. The largest absolute Gasteiger partial charge is 0.370 e. The van der Waals surface area contributed by atoms with E-state index in [-0.39, 0.29) is 41.6 Å². The molecule has 11 heteroatoms. The van der Waals surface area contributed by atoms with Crippen molar-refractivity contribution >= 4 is 57.6 Å². The first-order valence-corrected chi connectivity index (χ1v) is 11.5. The molecule has 2 fully saturated rings. The van der Waals surface area contributed by atoms with E-state index in [4.69, 9.17) is 5.73 Å². The molecule has 0 aromatic heterocycles. The van der Waals surface area contributed by atoms with Crippen molar-refractivity contribution in [3.05, 3.63) is 0 Å². The Labute approximate surface area is 177 Å². The predicted octanol–water partition coefficient (Wildman–Crippen LogP) is 0.146. The molecule has 2 rings (SSSR count). The fourth-order valence-electron chi connectivity index (χ4n) is 3.29. The number of likely N-dealkylation sites (tertiary alicyclic amines) is 1. The molecular formula is C15H30IN5O3S2. The normalized spacial score (nSPS) is 22.6. The van der Waals surface area contributed by atoms with E-state index >= 15 is 0 Å². The zero-order valence-electron chi connectivity index (χ0n) is 15.2. The maximum atomic E-state index is 12.4. The lowest BCUT2D eigenvalue weighted by molar-refractivity contribution is -0.119. The average Bonchev–Trinajstić information content (AvgIpc) is 2.59. The summed E-state index contributed by atoms with van der Waals surface area (Å²) in [5, 5.41) is 3.16. The molecule has 2 heterocycles. The van der Waals surface area contributed by atoms with Crippen LogP contribution >= 0.6 is 35.7 Å². The number of nitrogens with two attached hydrogens (primary N) is 1. The number of rotatable bonds is 6. The third kappa shape index (κ3) is 7.39. The van der Waals surface area contributed by atoms with Gasteiger partial charge in [0, 0.05) is 57.7 Å². The number of hydrogen-bond donors (Lipinski definition) is 2. The van der Waals surface area contributed by atoms with Crippen molar-refractivity contribution in [3.63, 3.8) is 0 Å². The van der Waals surface area contributed by atoms with Crippen LogP contribution < -0.4 is 11.1 Å². The minimum Gasteiger partial charge on any atom is -0.370 e. The van der Waals surface area contributed by atoms with Crippen LogP contribution in [0.2, 0.25) is 0 Å². The first-order chi connectivity index (χ1) is 11.9. The Hall–Kier alpha value is -0.270. The molecular weight excluding hydrogens is 489 g/mol. The molecule has 2 aliphatic heterocycles. The molecule has 2 aliphatic rings.